The predicted molar refractivity (Wildman–Crippen MR) is 106 cm³/mol. The minimum Gasteiger partial charge on any atom is -0.379 e. The van der Waals surface area contributed by atoms with E-state index in [4.69, 9.17) is 16.3 Å². The van der Waals surface area contributed by atoms with Crippen LogP contribution in [0.15, 0.2) is 24.3 Å². The molecule has 27 heavy (non-hydrogen) atoms. The maximum atomic E-state index is 13.3. The van der Waals surface area contributed by atoms with Crippen LogP contribution in [0.25, 0.3) is 10.2 Å². The van der Waals surface area contributed by atoms with Crippen LogP contribution in [0.5, 0.6) is 0 Å². The van der Waals surface area contributed by atoms with E-state index in [0.717, 1.165) is 28.9 Å². The number of fused-ring (bicyclic) bond motifs is 1. The normalized spacial score (nSPS) is 15.4. The van der Waals surface area contributed by atoms with Crippen molar-refractivity contribution < 1.29 is 13.9 Å². The number of nitrogens with zero attached hydrogens (tertiary/aromatic N) is 1. The van der Waals surface area contributed by atoms with Gasteiger partial charge in [-0.3, -0.25) is 9.69 Å². The molecule has 0 atom stereocenters. The molecule has 142 valence electrons. The van der Waals surface area contributed by atoms with Gasteiger partial charge >= 0.3 is 0 Å². The zero-order valence-electron chi connectivity index (χ0n) is 14.8. The SMILES string of the molecule is Cc1cc2[nH]c(C(=O)Nc3ccc(F)cc3Cl)c(CN3CCOCC3)c2s1. The second kappa shape index (κ2) is 7.59. The Bertz CT molecular complexity index is 994. The number of hydrogen-bond donors (Lipinski definition) is 2. The Labute approximate surface area is 165 Å². The van der Waals surface area contributed by atoms with Gasteiger partial charge in [-0.25, -0.2) is 4.39 Å². The molecule has 8 heteroatoms. The molecule has 2 N–H and O–H groups in total. The second-order valence-electron chi connectivity index (χ2n) is 6.55. The van der Waals surface area contributed by atoms with Gasteiger partial charge in [0.1, 0.15) is 11.5 Å². The summed E-state index contributed by atoms with van der Waals surface area (Å²) in [5.41, 5.74) is 2.83. The minimum absolute atomic E-state index is 0.169. The van der Waals surface area contributed by atoms with E-state index in [1.165, 1.54) is 23.1 Å². The summed E-state index contributed by atoms with van der Waals surface area (Å²) in [6, 6.07) is 5.96. The van der Waals surface area contributed by atoms with Gasteiger partial charge < -0.3 is 15.0 Å². The molecule has 0 spiro atoms. The van der Waals surface area contributed by atoms with Gasteiger partial charge in [0.2, 0.25) is 0 Å². The van der Waals surface area contributed by atoms with Gasteiger partial charge in [-0.15, -0.1) is 11.3 Å². The lowest BCUT2D eigenvalue weighted by molar-refractivity contribution is 0.0343. The molecule has 4 rings (SSSR count). The summed E-state index contributed by atoms with van der Waals surface area (Å²) in [5.74, 6) is -0.727. The van der Waals surface area contributed by atoms with Crippen molar-refractivity contribution in [1.29, 1.82) is 0 Å². The number of hydrogen-bond acceptors (Lipinski definition) is 4. The van der Waals surface area contributed by atoms with Crippen LogP contribution in [-0.2, 0) is 11.3 Å². The van der Waals surface area contributed by atoms with Crippen LogP contribution in [0, 0.1) is 12.7 Å². The summed E-state index contributed by atoms with van der Waals surface area (Å²) >= 11 is 7.72. The molecule has 1 saturated heterocycles. The first-order valence-corrected chi connectivity index (χ1v) is 9.88. The number of amides is 1. The van der Waals surface area contributed by atoms with Gasteiger partial charge in [-0.2, -0.15) is 0 Å². The monoisotopic (exact) mass is 407 g/mol. The summed E-state index contributed by atoms with van der Waals surface area (Å²) in [4.78, 5) is 19.7. The molecule has 1 fully saturated rings. The number of thiophene rings is 1. The fourth-order valence-electron chi connectivity index (χ4n) is 3.26. The molecule has 0 bridgehead atoms. The Balaban J connectivity index is 1.66. The van der Waals surface area contributed by atoms with Crippen LogP contribution in [0.2, 0.25) is 5.02 Å². The van der Waals surface area contributed by atoms with Crippen LogP contribution in [-0.4, -0.2) is 42.1 Å². The number of anilines is 1. The number of morpholine rings is 1. The molecular formula is C19H19ClFN3O2S. The summed E-state index contributed by atoms with van der Waals surface area (Å²) in [6.07, 6.45) is 0. The molecule has 5 nitrogen and oxygen atoms in total. The predicted octanol–water partition coefficient (Wildman–Crippen LogP) is 4.41. The van der Waals surface area contributed by atoms with E-state index in [1.54, 1.807) is 11.3 Å². The van der Waals surface area contributed by atoms with Gasteiger partial charge in [0.05, 0.1) is 34.1 Å². The summed E-state index contributed by atoms with van der Waals surface area (Å²) in [7, 11) is 0. The highest BCUT2D eigenvalue weighted by atomic mass is 35.5. The van der Waals surface area contributed by atoms with Gasteiger partial charge in [0.25, 0.3) is 5.91 Å². The molecular weight excluding hydrogens is 389 g/mol. The number of carbonyl (C=O) groups excluding carboxylic acids is 1. The van der Waals surface area contributed by atoms with E-state index in [-0.39, 0.29) is 10.9 Å². The highest BCUT2D eigenvalue weighted by Crippen LogP contribution is 2.32. The third-order valence-electron chi connectivity index (χ3n) is 4.58. The van der Waals surface area contributed by atoms with Crippen molar-refractivity contribution in [3.63, 3.8) is 0 Å². The molecule has 0 unspecified atom stereocenters. The van der Waals surface area contributed by atoms with Crippen molar-refractivity contribution >= 4 is 44.7 Å². The first-order valence-electron chi connectivity index (χ1n) is 8.69. The quantitative estimate of drug-likeness (QED) is 0.673. The topological polar surface area (TPSA) is 57.4 Å². The van der Waals surface area contributed by atoms with Gasteiger partial charge in [0, 0.05) is 30.1 Å². The zero-order valence-corrected chi connectivity index (χ0v) is 16.3. The van der Waals surface area contributed by atoms with Crippen molar-refractivity contribution in [2.45, 2.75) is 13.5 Å². The molecule has 1 amide bonds. The van der Waals surface area contributed by atoms with Crippen molar-refractivity contribution in [3.8, 4) is 0 Å². The number of nitrogens with one attached hydrogen (secondary N) is 2. The smallest absolute Gasteiger partial charge is 0.272 e. The van der Waals surface area contributed by atoms with E-state index >= 15 is 0 Å². The van der Waals surface area contributed by atoms with E-state index in [0.29, 0.717) is 31.1 Å². The molecule has 0 radical (unpaired) electrons. The van der Waals surface area contributed by atoms with E-state index in [9.17, 15) is 9.18 Å². The second-order valence-corrected chi connectivity index (χ2v) is 8.21. The fraction of sp³-hybridized carbons (Fsp3) is 0.316. The number of carbonyl (C=O) groups is 1. The number of rotatable bonds is 4. The van der Waals surface area contributed by atoms with Crippen LogP contribution in [0.1, 0.15) is 20.9 Å². The maximum absolute atomic E-state index is 13.3. The third kappa shape index (κ3) is 3.87. The van der Waals surface area contributed by atoms with Gasteiger partial charge in [-0.05, 0) is 31.2 Å². The lowest BCUT2D eigenvalue weighted by Gasteiger charge is -2.26. The molecule has 2 aromatic heterocycles. The van der Waals surface area contributed by atoms with Crippen LogP contribution < -0.4 is 5.32 Å². The Morgan fingerprint density at radius 2 is 2.15 bits per heavy atom. The van der Waals surface area contributed by atoms with Crippen molar-refractivity contribution in [3.05, 3.63) is 51.2 Å². The first-order chi connectivity index (χ1) is 13.0. The van der Waals surface area contributed by atoms with Gasteiger partial charge in [-0.1, -0.05) is 11.6 Å². The average molecular weight is 408 g/mol. The lowest BCUT2D eigenvalue weighted by Crippen LogP contribution is -2.36. The van der Waals surface area contributed by atoms with Crippen molar-refractivity contribution in [1.82, 2.24) is 9.88 Å². The molecule has 3 aromatic rings. The van der Waals surface area contributed by atoms with Crippen LogP contribution >= 0.6 is 22.9 Å². The number of aromatic amines is 1. The fourth-order valence-corrected chi connectivity index (χ4v) is 4.48. The molecule has 1 aliphatic rings. The summed E-state index contributed by atoms with van der Waals surface area (Å²) in [5, 5.41) is 2.96. The Morgan fingerprint density at radius 3 is 2.89 bits per heavy atom. The number of halogens is 2. The van der Waals surface area contributed by atoms with E-state index in [2.05, 4.69) is 22.1 Å². The standard InChI is InChI=1S/C19H19ClFN3O2S/c1-11-8-16-18(27-11)13(10-24-4-6-26-7-5-24)17(22-16)19(25)23-15-3-2-12(21)9-14(15)20/h2-3,8-9,22H,4-7,10H2,1H3,(H,23,25). The Morgan fingerprint density at radius 1 is 1.37 bits per heavy atom. The molecule has 0 saturated carbocycles. The Hall–Kier alpha value is -1.93. The molecule has 0 aliphatic carbocycles. The maximum Gasteiger partial charge on any atom is 0.272 e. The van der Waals surface area contributed by atoms with Crippen molar-refractivity contribution in [2.75, 3.05) is 31.6 Å². The zero-order chi connectivity index (χ0) is 19.0. The third-order valence-corrected chi connectivity index (χ3v) is 6.01. The van der Waals surface area contributed by atoms with Crippen molar-refractivity contribution in [2.24, 2.45) is 0 Å². The molecule has 3 heterocycles. The number of ether oxygens (including phenoxy) is 1. The van der Waals surface area contributed by atoms with E-state index in [1.807, 2.05) is 6.07 Å². The molecule has 1 aromatic carbocycles. The highest BCUT2D eigenvalue weighted by molar-refractivity contribution is 7.19. The van der Waals surface area contributed by atoms with Gasteiger partial charge in [0.15, 0.2) is 0 Å². The largest absolute Gasteiger partial charge is 0.379 e. The van der Waals surface area contributed by atoms with Crippen LogP contribution in [0.3, 0.4) is 0 Å². The number of aromatic nitrogens is 1. The summed E-state index contributed by atoms with van der Waals surface area (Å²) < 4.78 is 19.8. The first kappa shape index (κ1) is 18.4. The summed E-state index contributed by atoms with van der Waals surface area (Å²) in [6.45, 7) is 5.79. The minimum atomic E-state index is -0.443. The lowest BCUT2D eigenvalue weighted by atomic mass is 10.2. The Kier molecular flexibility index (Phi) is 5.19. The molecule has 1 aliphatic heterocycles. The number of H-pyrrole nitrogens is 1. The average Bonchev–Trinajstić information content (AvgIpc) is 3.15. The number of benzene rings is 1. The number of aryl methyl sites for hydroxylation is 1. The highest BCUT2D eigenvalue weighted by Gasteiger charge is 2.23. The van der Waals surface area contributed by atoms with Crippen LogP contribution in [0.4, 0.5) is 10.1 Å². The van der Waals surface area contributed by atoms with E-state index < -0.39 is 5.82 Å².